The Bertz CT molecular complexity index is 613. The molecule has 1 aromatic rings. The summed E-state index contributed by atoms with van der Waals surface area (Å²) in [6.45, 7) is 5.13. The Labute approximate surface area is 161 Å². The number of carbonyl (C=O) groups excluding carboxylic acids is 1. The summed E-state index contributed by atoms with van der Waals surface area (Å²) >= 11 is 1.74. The number of halogens is 3. The summed E-state index contributed by atoms with van der Waals surface area (Å²) in [6, 6.07) is 4.16. The molecular formula is C17H26F3N5OS. The van der Waals surface area contributed by atoms with Crippen LogP contribution in [-0.4, -0.2) is 85.6 Å². The smallest absolute Gasteiger partial charge is 0.357 e. The molecule has 152 valence electrons. The first-order chi connectivity index (χ1) is 12.8. The molecule has 1 aromatic heterocycles. The predicted octanol–water partition coefficient (Wildman–Crippen LogP) is 1.85. The van der Waals surface area contributed by atoms with Crippen molar-refractivity contribution >= 4 is 23.2 Å². The number of likely N-dealkylation sites (N-methyl/N-ethyl adjacent to an activating group) is 1. The minimum Gasteiger partial charge on any atom is -0.357 e. The zero-order chi connectivity index (χ0) is 19.9. The van der Waals surface area contributed by atoms with Gasteiger partial charge < -0.3 is 15.1 Å². The third-order valence-electron chi connectivity index (χ3n) is 4.17. The first kappa shape index (κ1) is 21.5. The minimum absolute atomic E-state index is 0.301. The Balaban J connectivity index is 1.87. The molecule has 0 aromatic carbocycles. The standard InChI is InChI=1S/C17H26F3N5OS/c1-3-21-16(22-11-15(26)23(2)13-17(18,19)20)25-8-6-24(7-9-25)12-14-5-4-10-27-14/h4-5,10H,3,6-9,11-13H2,1-2H3,(H,21,22). The number of thiophene rings is 1. The van der Waals surface area contributed by atoms with Gasteiger partial charge in [0.1, 0.15) is 13.1 Å². The number of nitrogens with zero attached hydrogens (tertiary/aromatic N) is 4. The van der Waals surface area contributed by atoms with Crippen molar-refractivity contribution in [1.29, 1.82) is 0 Å². The summed E-state index contributed by atoms with van der Waals surface area (Å²) in [7, 11) is 1.14. The number of hydrogen-bond donors (Lipinski definition) is 1. The molecule has 0 saturated carbocycles. The number of alkyl halides is 3. The fourth-order valence-corrected chi connectivity index (χ4v) is 3.53. The second-order valence-electron chi connectivity index (χ2n) is 6.38. The third kappa shape index (κ3) is 7.37. The molecule has 0 atom stereocenters. The topological polar surface area (TPSA) is 51.2 Å². The number of hydrogen-bond acceptors (Lipinski definition) is 4. The van der Waals surface area contributed by atoms with E-state index in [9.17, 15) is 18.0 Å². The lowest BCUT2D eigenvalue weighted by Gasteiger charge is -2.36. The van der Waals surface area contributed by atoms with Crippen molar-refractivity contribution in [1.82, 2.24) is 20.0 Å². The van der Waals surface area contributed by atoms with E-state index in [2.05, 4.69) is 26.7 Å². The van der Waals surface area contributed by atoms with Gasteiger partial charge in [0.15, 0.2) is 5.96 Å². The molecule has 1 aliphatic rings. The van der Waals surface area contributed by atoms with Crippen molar-refractivity contribution in [2.75, 3.05) is 52.9 Å². The highest BCUT2D eigenvalue weighted by atomic mass is 32.1. The Morgan fingerprint density at radius 1 is 1.33 bits per heavy atom. The maximum atomic E-state index is 12.4. The summed E-state index contributed by atoms with van der Waals surface area (Å²) < 4.78 is 37.2. The van der Waals surface area contributed by atoms with Gasteiger partial charge in [0.05, 0.1) is 0 Å². The van der Waals surface area contributed by atoms with Crippen LogP contribution in [0.5, 0.6) is 0 Å². The van der Waals surface area contributed by atoms with Crippen LogP contribution in [0.2, 0.25) is 0 Å². The van der Waals surface area contributed by atoms with Crippen LogP contribution >= 0.6 is 11.3 Å². The van der Waals surface area contributed by atoms with E-state index in [4.69, 9.17) is 0 Å². The molecule has 1 saturated heterocycles. The lowest BCUT2D eigenvalue weighted by molar-refractivity contribution is -0.157. The zero-order valence-corrected chi connectivity index (χ0v) is 16.4. The molecule has 0 unspecified atom stereocenters. The van der Waals surface area contributed by atoms with Gasteiger partial charge in [0, 0.05) is 51.2 Å². The SMILES string of the molecule is CCNC(=NCC(=O)N(C)CC(F)(F)F)N1CCN(Cc2cccs2)CC1. The van der Waals surface area contributed by atoms with Crippen molar-refractivity contribution in [3.8, 4) is 0 Å². The van der Waals surface area contributed by atoms with Crippen molar-refractivity contribution in [3.63, 3.8) is 0 Å². The van der Waals surface area contributed by atoms with E-state index in [1.165, 1.54) is 4.88 Å². The zero-order valence-electron chi connectivity index (χ0n) is 15.6. The summed E-state index contributed by atoms with van der Waals surface area (Å²) in [6.07, 6.45) is -4.41. The van der Waals surface area contributed by atoms with E-state index < -0.39 is 18.6 Å². The Morgan fingerprint density at radius 3 is 2.59 bits per heavy atom. The lowest BCUT2D eigenvalue weighted by atomic mass is 10.3. The van der Waals surface area contributed by atoms with Crippen molar-refractivity contribution in [2.24, 2.45) is 4.99 Å². The fourth-order valence-electron chi connectivity index (χ4n) is 2.79. The number of rotatable bonds is 6. The average molecular weight is 405 g/mol. The number of piperazine rings is 1. The fraction of sp³-hybridized carbons (Fsp3) is 0.647. The second kappa shape index (κ2) is 9.93. The maximum Gasteiger partial charge on any atom is 0.406 e. The molecule has 2 rings (SSSR count). The summed E-state index contributed by atoms with van der Waals surface area (Å²) in [5, 5.41) is 5.19. The highest BCUT2D eigenvalue weighted by Crippen LogP contribution is 2.16. The van der Waals surface area contributed by atoms with Gasteiger partial charge >= 0.3 is 6.18 Å². The minimum atomic E-state index is -4.41. The number of nitrogens with one attached hydrogen (secondary N) is 1. The quantitative estimate of drug-likeness (QED) is 0.580. The van der Waals surface area contributed by atoms with E-state index >= 15 is 0 Å². The number of guanidine groups is 1. The number of amides is 1. The molecule has 27 heavy (non-hydrogen) atoms. The molecule has 1 N–H and O–H groups in total. The highest BCUT2D eigenvalue weighted by molar-refractivity contribution is 7.09. The molecule has 1 fully saturated rings. The average Bonchev–Trinajstić information content (AvgIpc) is 3.10. The van der Waals surface area contributed by atoms with Crippen LogP contribution in [0.15, 0.2) is 22.5 Å². The van der Waals surface area contributed by atoms with E-state index in [-0.39, 0.29) is 6.54 Å². The van der Waals surface area contributed by atoms with Gasteiger partial charge in [-0.2, -0.15) is 13.2 Å². The summed E-state index contributed by atoms with van der Waals surface area (Å²) in [5.41, 5.74) is 0. The van der Waals surface area contributed by atoms with Gasteiger partial charge in [-0.3, -0.25) is 9.69 Å². The molecule has 2 heterocycles. The van der Waals surface area contributed by atoms with Gasteiger partial charge in [-0.05, 0) is 18.4 Å². The maximum absolute atomic E-state index is 12.4. The lowest BCUT2D eigenvalue weighted by Crippen LogP contribution is -2.52. The molecule has 10 heteroatoms. The van der Waals surface area contributed by atoms with Crippen LogP contribution in [0.1, 0.15) is 11.8 Å². The second-order valence-corrected chi connectivity index (χ2v) is 7.41. The van der Waals surface area contributed by atoms with E-state index in [0.29, 0.717) is 17.4 Å². The predicted molar refractivity (Wildman–Crippen MR) is 101 cm³/mol. The van der Waals surface area contributed by atoms with E-state index in [1.807, 2.05) is 17.9 Å². The molecule has 1 aliphatic heterocycles. The summed E-state index contributed by atoms with van der Waals surface area (Å²) in [5.74, 6) is -0.0823. The van der Waals surface area contributed by atoms with E-state index in [0.717, 1.165) is 39.8 Å². The van der Waals surface area contributed by atoms with Crippen LogP contribution < -0.4 is 5.32 Å². The molecule has 0 spiro atoms. The molecular weight excluding hydrogens is 379 g/mol. The van der Waals surface area contributed by atoms with Gasteiger partial charge in [-0.1, -0.05) is 6.07 Å². The summed E-state index contributed by atoms with van der Waals surface area (Å²) in [4.78, 5) is 22.5. The highest BCUT2D eigenvalue weighted by Gasteiger charge is 2.31. The van der Waals surface area contributed by atoms with Crippen LogP contribution in [0.3, 0.4) is 0 Å². The monoisotopic (exact) mass is 405 g/mol. The van der Waals surface area contributed by atoms with Crippen LogP contribution in [0, 0.1) is 0 Å². The largest absolute Gasteiger partial charge is 0.406 e. The van der Waals surface area contributed by atoms with Gasteiger partial charge in [0.25, 0.3) is 0 Å². The van der Waals surface area contributed by atoms with Crippen LogP contribution in [-0.2, 0) is 11.3 Å². The first-order valence-electron chi connectivity index (χ1n) is 8.87. The first-order valence-corrected chi connectivity index (χ1v) is 9.75. The Morgan fingerprint density at radius 2 is 2.04 bits per heavy atom. The molecule has 6 nitrogen and oxygen atoms in total. The van der Waals surface area contributed by atoms with Crippen molar-refractivity contribution in [3.05, 3.63) is 22.4 Å². The number of carbonyl (C=O) groups is 1. The Hall–Kier alpha value is -1.81. The van der Waals surface area contributed by atoms with Crippen molar-refractivity contribution in [2.45, 2.75) is 19.6 Å². The van der Waals surface area contributed by atoms with Crippen molar-refractivity contribution < 1.29 is 18.0 Å². The molecule has 0 aliphatic carbocycles. The number of aliphatic imine (C=N–C) groups is 1. The van der Waals surface area contributed by atoms with Gasteiger partial charge in [-0.15, -0.1) is 11.3 Å². The third-order valence-corrected chi connectivity index (χ3v) is 5.03. The molecule has 0 bridgehead atoms. The van der Waals surface area contributed by atoms with Crippen LogP contribution in [0.4, 0.5) is 13.2 Å². The van der Waals surface area contributed by atoms with Crippen LogP contribution in [0.25, 0.3) is 0 Å². The Kier molecular flexibility index (Phi) is 7.91. The normalized spacial score (nSPS) is 16.5. The van der Waals surface area contributed by atoms with E-state index in [1.54, 1.807) is 11.3 Å². The van der Waals surface area contributed by atoms with Gasteiger partial charge in [-0.25, -0.2) is 4.99 Å². The molecule has 0 radical (unpaired) electrons. The van der Waals surface area contributed by atoms with Gasteiger partial charge in [0.2, 0.25) is 5.91 Å². The molecule has 1 amide bonds.